The molecule has 3 aliphatic heterocycles. The van der Waals surface area contributed by atoms with Crippen molar-refractivity contribution in [1.29, 1.82) is 0 Å². The van der Waals surface area contributed by atoms with Gasteiger partial charge < -0.3 is 25.3 Å². The van der Waals surface area contributed by atoms with Crippen molar-refractivity contribution >= 4 is 34.1 Å². The number of anilines is 3. The van der Waals surface area contributed by atoms with E-state index < -0.39 is 11.9 Å². The van der Waals surface area contributed by atoms with Crippen LogP contribution >= 0.6 is 0 Å². The van der Waals surface area contributed by atoms with Gasteiger partial charge in [0.25, 0.3) is 0 Å². The quantitative estimate of drug-likeness (QED) is 0.388. The molecule has 0 bridgehead atoms. The summed E-state index contributed by atoms with van der Waals surface area (Å²) in [5.41, 5.74) is 8.97. The van der Waals surface area contributed by atoms with Crippen molar-refractivity contribution in [2.75, 3.05) is 55.8 Å². The SMILES string of the molecule is Cc1c(-c2cc3cc(NC(=O)O[C@H]4CCC5(CCN(C6COC6)CC5)C4)ncc3c(N)c2F)cnc2c1NCCO2. The fraction of sp³-hybridized carbons (Fsp3) is 0.500. The van der Waals surface area contributed by atoms with Crippen LogP contribution in [0.5, 0.6) is 5.88 Å². The zero-order valence-corrected chi connectivity index (χ0v) is 23.2. The van der Waals surface area contributed by atoms with Crippen molar-refractivity contribution < 1.29 is 23.4 Å². The molecule has 4 N–H and O–H groups in total. The maximum absolute atomic E-state index is 15.5. The third-order valence-corrected chi connectivity index (χ3v) is 9.39. The number of amides is 1. The molecule has 0 radical (unpaired) electrons. The second-order valence-electron chi connectivity index (χ2n) is 11.8. The lowest BCUT2D eigenvalue weighted by atomic mass is 9.76. The van der Waals surface area contributed by atoms with Crippen LogP contribution in [0.25, 0.3) is 21.9 Å². The minimum absolute atomic E-state index is 0.00686. The summed E-state index contributed by atoms with van der Waals surface area (Å²) in [5.74, 6) is 0.282. The van der Waals surface area contributed by atoms with Crippen molar-refractivity contribution in [3.63, 3.8) is 0 Å². The van der Waals surface area contributed by atoms with Crippen LogP contribution in [0.2, 0.25) is 0 Å². The number of carbonyl (C=O) groups excluding carboxylic acids is 1. The molecule has 10 nitrogen and oxygen atoms in total. The molecule has 7 rings (SSSR count). The van der Waals surface area contributed by atoms with E-state index in [2.05, 4.69) is 25.5 Å². The van der Waals surface area contributed by atoms with Gasteiger partial charge in [0, 0.05) is 35.5 Å². The smallest absolute Gasteiger partial charge is 0.413 e. The molecule has 0 unspecified atom stereocenters. The number of benzene rings is 1. The average Bonchev–Trinajstić information content (AvgIpc) is 3.33. The molecule has 1 atom stereocenters. The van der Waals surface area contributed by atoms with Gasteiger partial charge in [0.15, 0.2) is 5.82 Å². The Labute approximate surface area is 237 Å². The first-order valence-electron chi connectivity index (χ1n) is 14.4. The number of nitrogens with zero attached hydrogens (tertiary/aromatic N) is 3. The van der Waals surface area contributed by atoms with Crippen LogP contribution in [0, 0.1) is 18.2 Å². The number of fused-ring (bicyclic) bond motifs is 2. The second-order valence-corrected chi connectivity index (χ2v) is 11.8. The lowest BCUT2D eigenvalue weighted by Crippen LogP contribution is -2.53. The summed E-state index contributed by atoms with van der Waals surface area (Å²) in [6.07, 6.45) is 7.57. The minimum atomic E-state index is -0.539. The van der Waals surface area contributed by atoms with Gasteiger partial charge in [-0.25, -0.2) is 19.2 Å². The number of hydrogen-bond acceptors (Lipinski definition) is 9. The molecular formula is C30H35FN6O4. The van der Waals surface area contributed by atoms with E-state index in [0.29, 0.717) is 52.8 Å². The summed E-state index contributed by atoms with van der Waals surface area (Å²) in [6, 6.07) is 3.98. The third kappa shape index (κ3) is 4.80. The molecule has 216 valence electrons. The van der Waals surface area contributed by atoms with E-state index in [4.69, 9.17) is 19.9 Å². The predicted molar refractivity (Wildman–Crippen MR) is 154 cm³/mol. The monoisotopic (exact) mass is 562 g/mol. The molecule has 3 fully saturated rings. The molecule has 1 aliphatic carbocycles. The number of piperidine rings is 1. The molecule has 11 heteroatoms. The fourth-order valence-corrected chi connectivity index (χ4v) is 6.85. The van der Waals surface area contributed by atoms with Crippen LogP contribution in [0.3, 0.4) is 0 Å². The van der Waals surface area contributed by atoms with Gasteiger partial charge in [-0.1, -0.05) is 0 Å². The number of carbonyl (C=O) groups is 1. The van der Waals surface area contributed by atoms with E-state index in [1.165, 1.54) is 6.20 Å². The molecule has 3 aromatic rings. The predicted octanol–water partition coefficient (Wildman–Crippen LogP) is 4.71. The molecule has 4 aliphatic rings. The Bertz CT molecular complexity index is 1500. The molecular weight excluding hydrogens is 527 g/mol. The van der Waals surface area contributed by atoms with E-state index in [0.717, 1.165) is 69.7 Å². The Morgan fingerprint density at radius 3 is 2.80 bits per heavy atom. The van der Waals surface area contributed by atoms with Crippen LogP contribution in [0.1, 0.15) is 37.7 Å². The molecule has 41 heavy (non-hydrogen) atoms. The van der Waals surface area contributed by atoms with E-state index in [1.54, 1.807) is 18.3 Å². The van der Waals surface area contributed by atoms with E-state index in [-0.39, 0.29) is 17.2 Å². The van der Waals surface area contributed by atoms with Gasteiger partial charge in [0.2, 0.25) is 5.88 Å². The van der Waals surface area contributed by atoms with Crippen molar-refractivity contribution in [3.8, 4) is 17.0 Å². The molecule has 5 heterocycles. The first kappa shape index (κ1) is 26.2. The lowest BCUT2D eigenvalue weighted by Gasteiger charge is -2.45. The van der Waals surface area contributed by atoms with Crippen molar-refractivity contribution in [2.45, 2.75) is 51.2 Å². The van der Waals surface area contributed by atoms with E-state index in [1.807, 2.05) is 6.92 Å². The van der Waals surface area contributed by atoms with Gasteiger partial charge in [-0.3, -0.25) is 10.2 Å². The Morgan fingerprint density at radius 2 is 2.02 bits per heavy atom. The lowest BCUT2D eigenvalue weighted by molar-refractivity contribution is -0.0817. The molecule has 1 saturated carbocycles. The highest BCUT2D eigenvalue weighted by Crippen LogP contribution is 2.48. The number of halogens is 1. The van der Waals surface area contributed by atoms with E-state index in [9.17, 15) is 4.79 Å². The Kier molecular flexibility index (Phi) is 6.58. The zero-order chi connectivity index (χ0) is 28.1. The summed E-state index contributed by atoms with van der Waals surface area (Å²) < 4.78 is 32.3. The van der Waals surface area contributed by atoms with Crippen molar-refractivity contribution in [2.24, 2.45) is 5.41 Å². The Morgan fingerprint density at radius 1 is 1.20 bits per heavy atom. The minimum Gasteiger partial charge on any atom is -0.474 e. The van der Waals surface area contributed by atoms with Crippen LogP contribution in [-0.2, 0) is 9.47 Å². The van der Waals surface area contributed by atoms with Crippen molar-refractivity contribution in [1.82, 2.24) is 14.9 Å². The summed E-state index contributed by atoms with van der Waals surface area (Å²) in [6.45, 7) is 6.94. The number of nitrogens with two attached hydrogens (primary N) is 1. The van der Waals surface area contributed by atoms with Crippen LogP contribution in [-0.4, -0.2) is 72.6 Å². The highest BCUT2D eigenvalue weighted by Gasteiger charge is 2.44. The summed E-state index contributed by atoms with van der Waals surface area (Å²) in [5, 5.41) is 7.16. The number of hydrogen-bond donors (Lipinski definition) is 3. The molecule has 2 saturated heterocycles. The summed E-state index contributed by atoms with van der Waals surface area (Å²) in [4.78, 5) is 24.1. The number of rotatable bonds is 4. The average molecular weight is 563 g/mol. The number of ether oxygens (including phenoxy) is 3. The summed E-state index contributed by atoms with van der Waals surface area (Å²) in [7, 11) is 0. The second kappa shape index (κ2) is 10.3. The van der Waals surface area contributed by atoms with Crippen LogP contribution < -0.4 is 21.1 Å². The number of nitrogens with one attached hydrogen (secondary N) is 2. The van der Waals surface area contributed by atoms with Crippen LogP contribution in [0.15, 0.2) is 24.5 Å². The Balaban J connectivity index is 1.05. The molecule has 2 aromatic heterocycles. The topological polar surface area (TPSA) is 124 Å². The third-order valence-electron chi connectivity index (χ3n) is 9.39. The van der Waals surface area contributed by atoms with Crippen molar-refractivity contribution in [3.05, 3.63) is 35.9 Å². The first-order chi connectivity index (χ1) is 19.9. The van der Waals surface area contributed by atoms with Gasteiger partial charge in [-0.05, 0) is 80.6 Å². The van der Waals surface area contributed by atoms with Crippen LogP contribution in [0.4, 0.5) is 26.4 Å². The molecule has 1 amide bonds. The van der Waals surface area contributed by atoms with E-state index >= 15 is 4.39 Å². The molecule has 1 spiro atoms. The van der Waals surface area contributed by atoms with Gasteiger partial charge in [0.05, 0.1) is 24.9 Å². The van der Waals surface area contributed by atoms with Gasteiger partial charge in [0.1, 0.15) is 24.2 Å². The number of aromatic nitrogens is 2. The zero-order valence-electron chi connectivity index (χ0n) is 23.2. The number of nitrogen functional groups attached to an aromatic ring is 1. The first-order valence-corrected chi connectivity index (χ1v) is 14.4. The maximum atomic E-state index is 15.5. The normalized spacial score (nSPS) is 22.0. The molecule has 1 aromatic carbocycles. The summed E-state index contributed by atoms with van der Waals surface area (Å²) >= 11 is 0. The number of pyridine rings is 2. The highest BCUT2D eigenvalue weighted by atomic mass is 19.1. The van der Waals surface area contributed by atoms with Gasteiger partial charge in [-0.15, -0.1) is 0 Å². The fourth-order valence-electron chi connectivity index (χ4n) is 6.85. The Hall–Kier alpha value is -3.70. The standard InChI is InChI=1S/C30H35FN6O4/c1-17-22(13-35-28-27(17)33-6-9-40-28)21-10-18-11-24(34-14-23(18)26(32)25(21)31)36-29(38)41-20-2-3-30(12-20)4-7-37(8-5-30)19-15-39-16-19/h10-11,13-14,19-20,33H,2-9,12,15-16,32H2,1H3,(H,34,36,38)/t20-/m0/s1. The van der Waals surface area contributed by atoms with Gasteiger partial charge in [-0.2, -0.15) is 0 Å². The number of likely N-dealkylation sites (tertiary alicyclic amines) is 1. The highest BCUT2D eigenvalue weighted by molar-refractivity contribution is 5.99. The largest absolute Gasteiger partial charge is 0.474 e. The maximum Gasteiger partial charge on any atom is 0.413 e. The van der Waals surface area contributed by atoms with Gasteiger partial charge >= 0.3 is 6.09 Å².